The van der Waals surface area contributed by atoms with Gasteiger partial charge in [0.05, 0.1) is 5.56 Å². The highest BCUT2D eigenvalue weighted by molar-refractivity contribution is 7.13. The van der Waals surface area contributed by atoms with Crippen molar-refractivity contribution in [3.8, 4) is 10.6 Å². The molecule has 2 aromatic rings. The van der Waals surface area contributed by atoms with Gasteiger partial charge in [-0.25, -0.2) is 14.6 Å². The summed E-state index contributed by atoms with van der Waals surface area (Å²) >= 11 is 1.22. The molecule has 110 valence electrons. The Morgan fingerprint density at radius 2 is 2.00 bits per heavy atom. The van der Waals surface area contributed by atoms with Crippen LogP contribution in [0.3, 0.4) is 0 Å². The monoisotopic (exact) mass is 305 g/mol. The Morgan fingerprint density at radius 3 is 2.57 bits per heavy atom. The summed E-state index contributed by atoms with van der Waals surface area (Å²) in [5.41, 5.74) is 0.535. The second kappa shape index (κ2) is 5.65. The van der Waals surface area contributed by atoms with E-state index in [-0.39, 0.29) is 5.69 Å². The predicted molar refractivity (Wildman–Crippen MR) is 79.7 cm³/mol. The second-order valence-corrected chi connectivity index (χ2v) is 6.28. The molecular formula is C15H15NO4S. The maximum atomic E-state index is 12.0. The van der Waals surface area contributed by atoms with Gasteiger partial charge in [0.1, 0.15) is 10.6 Å². The standard InChI is InChI=1S/C15H15NO4S/c1-15(2,3)20-14(19)10-6-4-5-9(7-10)12-16-11(8-21-12)13(17)18/h4-8H,1-3H3,(H,17,18). The summed E-state index contributed by atoms with van der Waals surface area (Å²) in [5.74, 6) is -1.49. The number of rotatable bonds is 3. The zero-order valence-electron chi connectivity index (χ0n) is 11.9. The number of hydrogen-bond donors (Lipinski definition) is 1. The first-order valence-electron chi connectivity index (χ1n) is 6.29. The molecular weight excluding hydrogens is 290 g/mol. The number of carboxylic acids is 1. The quantitative estimate of drug-likeness (QED) is 0.879. The molecule has 1 aromatic heterocycles. The minimum Gasteiger partial charge on any atom is -0.476 e. The first kappa shape index (κ1) is 15.2. The van der Waals surface area contributed by atoms with Crippen molar-refractivity contribution in [2.45, 2.75) is 26.4 Å². The molecule has 0 aliphatic heterocycles. The number of aromatic nitrogens is 1. The van der Waals surface area contributed by atoms with Gasteiger partial charge in [0.2, 0.25) is 0 Å². The SMILES string of the molecule is CC(C)(C)OC(=O)c1cccc(-c2nc(C(=O)O)cs2)c1. The van der Waals surface area contributed by atoms with Crippen molar-refractivity contribution >= 4 is 23.3 Å². The smallest absolute Gasteiger partial charge is 0.355 e. The molecule has 0 atom stereocenters. The van der Waals surface area contributed by atoms with Gasteiger partial charge in [0.25, 0.3) is 0 Å². The average Bonchev–Trinajstić information content (AvgIpc) is 2.86. The number of carboxylic acid groups (broad SMARTS) is 1. The number of nitrogens with zero attached hydrogens (tertiary/aromatic N) is 1. The van der Waals surface area contributed by atoms with E-state index in [4.69, 9.17) is 9.84 Å². The van der Waals surface area contributed by atoms with Crippen molar-refractivity contribution in [1.29, 1.82) is 0 Å². The number of carbonyl (C=O) groups is 2. The van der Waals surface area contributed by atoms with Gasteiger partial charge in [-0.3, -0.25) is 0 Å². The van der Waals surface area contributed by atoms with Crippen molar-refractivity contribution in [2.75, 3.05) is 0 Å². The van der Waals surface area contributed by atoms with Gasteiger partial charge < -0.3 is 9.84 Å². The number of aromatic carboxylic acids is 1. The Kier molecular flexibility index (Phi) is 4.09. The van der Waals surface area contributed by atoms with Crippen LogP contribution in [0, 0.1) is 0 Å². The maximum absolute atomic E-state index is 12.0. The molecule has 0 amide bonds. The van der Waals surface area contributed by atoms with E-state index >= 15 is 0 Å². The third-order valence-corrected chi connectivity index (χ3v) is 3.36. The molecule has 0 radical (unpaired) electrons. The van der Waals surface area contributed by atoms with Crippen molar-refractivity contribution < 1.29 is 19.4 Å². The van der Waals surface area contributed by atoms with Crippen LogP contribution in [0.5, 0.6) is 0 Å². The van der Waals surface area contributed by atoms with Crippen LogP contribution in [0.15, 0.2) is 29.6 Å². The molecule has 0 saturated heterocycles. The van der Waals surface area contributed by atoms with Gasteiger partial charge in [-0.2, -0.15) is 0 Å². The average molecular weight is 305 g/mol. The van der Waals surface area contributed by atoms with E-state index in [2.05, 4.69) is 4.98 Å². The zero-order valence-corrected chi connectivity index (χ0v) is 12.7. The van der Waals surface area contributed by atoms with Gasteiger partial charge >= 0.3 is 11.9 Å². The van der Waals surface area contributed by atoms with Crippen molar-refractivity contribution in [3.05, 3.63) is 40.9 Å². The number of esters is 1. The summed E-state index contributed by atoms with van der Waals surface area (Å²) in [6.45, 7) is 5.40. The Bertz CT molecular complexity index is 685. The van der Waals surface area contributed by atoms with Gasteiger partial charge in [-0.15, -0.1) is 11.3 Å². The van der Waals surface area contributed by atoms with E-state index in [0.29, 0.717) is 16.1 Å². The minimum absolute atomic E-state index is 0.00216. The van der Waals surface area contributed by atoms with Crippen LogP contribution in [0.4, 0.5) is 0 Å². The van der Waals surface area contributed by atoms with E-state index in [1.165, 1.54) is 16.7 Å². The normalized spacial score (nSPS) is 11.2. The van der Waals surface area contributed by atoms with Crippen LogP contribution in [0.1, 0.15) is 41.6 Å². The fraction of sp³-hybridized carbons (Fsp3) is 0.267. The molecule has 2 rings (SSSR count). The van der Waals surface area contributed by atoms with Crippen molar-refractivity contribution in [1.82, 2.24) is 4.98 Å². The Balaban J connectivity index is 2.28. The molecule has 5 nitrogen and oxygen atoms in total. The van der Waals surface area contributed by atoms with E-state index < -0.39 is 17.5 Å². The molecule has 0 aliphatic rings. The summed E-state index contributed by atoms with van der Waals surface area (Å²) in [4.78, 5) is 26.9. The van der Waals surface area contributed by atoms with E-state index in [1.807, 2.05) is 0 Å². The molecule has 21 heavy (non-hydrogen) atoms. The van der Waals surface area contributed by atoms with Crippen molar-refractivity contribution in [2.24, 2.45) is 0 Å². The Morgan fingerprint density at radius 1 is 1.29 bits per heavy atom. The highest BCUT2D eigenvalue weighted by atomic mass is 32.1. The predicted octanol–water partition coefficient (Wildman–Crippen LogP) is 3.46. The molecule has 1 heterocycles. The highest BCUT2D eigenvalue weighted by Gasteiger charge is 2.18. The van der Waals surface area contributed by atoms with Gasteiger partial charge in [-0.05, 0) is 32.9 Å². The zero-order chi connectivity index (χ0) is 15.6. The van der Waals surface area contributed by atoms with Crippen LogP contribution in [-0.4, -0.2) is 27.6 Å². The minimum atomic E-state index is -1.07. The summed E-state index contributed by atoms with van der Waals surface area (Å²) in [5, 5.41) is 10.9. The fourth-order valence-electron chi connectivity index (χ4n) is 1.62. The lowest BCUT2D eigenvalue weighted by atomic mass is 10.1. The molecule has 0 aliphatic carbocycles. The number of hydrogen-bond acceptors (Lipinski definition) is 5. The lowest BCUT2D eigenvalue weighted by Gasteiger charge is -2.19. The van der Waals surface area contributed by atoms with Gasteiger partial charge in [0.15, 0.2) is 5.69 Å². The number of carbonyl (C=O) groups excluding carboxylic acids is 1. The van der Waals surface area contributed by atoms with E-state index in [1.54, 1.807) is 45.0 Å². The third kappa shape index (κ3) is 3.88. The Labute approximate surface area is 126 Å². The molecule has 1 aromatic carbocycles. The molecule has 0 saturated carbocycles. The number of benzene rings is 1. The van der Waals surface area contributed by atoms with E-state index in [9.17, 15) is 9.59 Å². The molecule has 0 spiro atoms. The van der Waals surface area contributed by atoms with Crippen molar-refractivity contribution in [3.63, 3.8) is 0 Å². The number of thiazole rings is 1. The third-order valence-electron chi connectivity index (χ3n) is 2.47. The topological polar surface area (TPSA) is 76.5 Å². The number of ether oxygens (including phenoxy) is 1. The first-order valence-corrected chi connectivity index (χ1v) is 7.17. The molecule has 1 N–H and O–H groups in total. The van der Waals surface area contributed by atoms with Gasteiger partial charge in [0, 0.05) is 10.9 Å². The molecule has 0 unspecified atom stereocenters. The fourth-order valence-corrected chi connectivity index (χ4v) is 2.41. The van der Waals surface area contributed by atoms with E-state index in [0.717, 1.165) is 0 Å². The summed E-state index contributed by atoms with van der Waals surface area (Å²) < 4.78 is 5.31. The first-order chi connectivity index (χ1) is 9.76. The van der Waals surface area contributed by atoms with Gasteiger partial charge in [-0.1, -0.05) is 12.1 Å². The van der Waals surface area contributed by atoms with Crippen LogP contribution < -0.4 is 0 Å². The second-order valence-electron chi connectivity index (χ2n) is 5.43. The summed E-state index contributed by atoms with van der Waals surface area (Å²) in [6, 6.07) is 6.80. The lowest BCUT2D eigenvalue weighted by molar-refractivity contribution is 0.00694. The van der Waals surface area contributed by atoms with Crippen LogP contribution >= 0.6 is 11.3 Å². The lowest BCUT2D eigenvalue weighted by Crippen LogP contribution is -2.23. The van der Waals surface area contributed by atoms with Crippen LogP contribution in [-0.2, 0) is 4.74 Å². The largest absolute Gasteiger partial charge is 0.476 e. The van der Waals surface area contributed by atoms with Crippen LogP contribution in [0.25, 0.3) is 10.6 Å². The molecule has 0 fully saturated rings. The maximum Gasteiger partial charge on any atom is 0.355 e. The van der Waals surface area contributed by atoms with Crippen LogP contribution in [0.2, 0.25) is 0 Å². The summed E-state index contributed by atoms with van der Waals surface area (Å²) in [7, 11) is 0. The molecule has 0 bridgehead atoms. The summed E-state index contributed by atoms with van der Waals surface area (Å²) in [6.07, 6.45) is 0. The molecule has 6 heteroatoms. The Hall–Kier alpha value is -2.21. The highest BCUT2D eigenvalue weighted by Crippen LogP contribution is 2.25.